The molecule has 1 amide bonds. The summed E-state index contributed by atoms with van der Waals surface area (Å²) in [6, 6.07) is 7.91. The highest BCUT2D eigenvalue weighted by molar-refractivity contribution is 5.94. The van der Waals surface area contributed by atoms with Crippen molar-refractivity contribution in [3.8, 4) is 17.0 Å². The zero-order valence-corrected chi connectivity index (χ0v) is 25.8. The van der Waals surface area contributed by atoms with Gasteiger partial charge in [-0.05, 0) is 42.8 Å². The molecule has 0 bridgehead atoms. The van der Waals surface area contributed by atoms with Crippen LogP contribution in [0.2, 0.25) is 0 Å². The Bertz CT molecular complexity index is 1550. The van der Waals surface area contributed by atoms with Gasteiger partial charge in [-0.15, -0.1) is 0 Å². The first-order valence-corrected chi connectivity index (χ1v) is 15.3. The predicted octanol–water partition coefficient (Wildman–Crippen LogP) is 4.38. The third-order valence-electron chi connectivity index (χ3n) is 8.40. The van der Waals surface area contributed by atoms with Crippen molar-refractivity contribution < 1.29 is 23.4 Å². The number of hydrogen-bond acceptors (Lipinski definition) is 8. The number of rotatable bonds is 11. The third kappa shape index (κ3) is 7.69. The van der Waals surface area contributed by atoms with E-state index in [9.17, 15) is 13.6 Å². The Labute approximate surface area is 262 Å². The number of benzene rings is 1. The first-order valence-electron chi connectivity index (χ1n) is 15.3. The summed E-state index contributed by atoms with van der Waals surface area (Å²) in [5.74, 6) is 0.474. The summed E-state index contributed by atoms with van der Waals surface area (Å²) in [4.78, 5) is 29.9. The lowest BCUT2D eigenvalue weighted by Gasteiger charge is -2.36. The average Bonchev–Trinajstić information content (AvgIpc) is 3.50. The number of ether oxygens (including phenoxy) is 1. The number of alkyl halides is 2. The maximum Gasteiger partial charge on any atom is 0.251 e. The van der Waals surface area contributed by atoms with Gasteiger partial charge in [0.25, 0.3) is 6.43 Å². The minimum absolute atomic E-state index is 0.0269. The van der Waals surface area contributed by atoms with Crippen molar-refractivity contribution in [3.05, 3.63) is 66.8 Å². The van der Waals surface area contributed by atoms with Gasteiger partial charge in [-0.3, -0.25) is 9.69 Å². The fraction of sp³-hybridized carbons (Fsp3) is 0.424. The van der Waals surface area contributed by atoms with E-state index in [4.69, 9.17) is 9.84 Å². The summed E-state index contributed by atoms with van der Waals surface area (Å²) in [6.45, 7) is 9.31. The van der Waals surface area contributed by atoms with E-state index in [1.165, 1.54) is 6.33 Å². The number of anilines is 1. The third-order valence-corrected chi connectivity index (χ3v) is 8.40. The van der Waals surface area contributed by atoms with Gasteiger partial charge in [0.15, 0.2) is 0 Å². The van der Waals surface area contributed by atoms with E-state index in [-0.39, 0.29) is 18.6 Å². The van der Waals surface area contributed by atoms with E-state index < -0.39 is 13.0 Å². The number of carbonyl (C=O) groups is 1. The van der Waals surface area contributed by atoms with E-state index in [1.807, 2.05) is 56.5 Å². The Morgan fingerprint density at radius 2 is 1.89 bits per heavy atom. The average molecular weight is 622 g/mol. The molecule has 3 aromatic rings. The molecule has 0 atom stereocenters. The molecule has 0 saturated carbocycles. The number of likely N-dealkylation sites (tertiary alicyclic amines) is 1. The summed E-state index contributed by atoms with van der Waals surface area (Å²) in [7, 11) is 1.84. The second kappa shape index (κ2) is 14.7. The number of aliphatic hydroxyl groups is 1. The van der Waals surface area contributed by atoms with Gasteiger partial charge in [0.05, 0.1) is 17.9 Å². The molecule has 2 saturated heterocycles. The van der Waals surface area contributed by atoms with Gasteiger partial charge < -0.3 is 29.9 Å². The molecule has 0 aliphatic carbocycles. The molecule has 0 spiro atoms. The Hall–Kier alpha value is -4.29. The van der Waals surface area contributed by atoms with Gasteiger partial charge >= 0.3 is 0 Å². The highest BCUT2D eigenvalue weighted by atomic mass is 19.3. The molecule has 2 aromatic heterocycles. The number of piperidine rings is 1. The second-order valence-electron chi connectivity index (χ2n) is 11.2. The summed E-state index contributed by atoms with van der Waals surface area (Å²) >= 11 is 0. The molecular formula is C33H41F2N7O3. The molecule has 0 radical (unpaired) electrons. The zero-order valence-electron chi connectivity index (χ0n) is 25.8. The van der Waals surface area contributed by atoms with E-state index in [0.29, 0.717) is 57.8 Å². The molecule has 2 aliphatic rings. The van der Waals surface area contributed by atoms with Crippen LogP contribution in [0.15, 0.2) is 61.1 Å². The number of H-pyrrole nitrogens is 1. The molecule has 2 fully saturated rings. The van der Waals surface area contributed by atoms with Crippen molar-refractivity contribution in [1.29, 1.82) is 0 Å². The molecule has 240 valence electrons. The number of aliphatic hydroxyl groups excluding tert-OH is 1. The molecular weight excluding hydrogens is 580 g/mol. The van der Waals surface area contributed by atoms with Crippen LogP contribution in [0.1, 0.15) is 25.5 Å². The maximum atomic E-state index is 12.8. The van der Waals surface area contributed by atoms with Crippen LogP contribution in [0.3, 0.4) is 0 Å². The molecule has 10 nitrogen and oxygen atoms in total. The Kier molecular flexibility index (Phi) is 10.5. The van der Waals surface area contributed by atoms with Crippen molar-refractivity contribution in [2.24, 2.45) is 0 Å². The van der Waals surface area contributed by atoms with Crippen molar-refractivity contribution in [2.75, 3.05) is 64.8 Å². The normalized spacial score (nSPS) is 17.1. The number of nitrogens with zero attached hydrogens (tertiary/aromatic N) is 5. The number of amides is 1. The highest BCUT2D eigenvalue weighted by Gasteiger charge is 2.24. The number of aromatic amines is 1. The van der Waals surface area contributed by atoms with Crippen molar-refractivity contribution >= 4 is 28.2 Å². The minimum atomic E-state index is -2.31. The van der Waals surface area contributed by atoms with Crippen LogP contribution in [0.5, 0.6) is 5.75 Å². The van der Waals surface area contributed by atoms with Crippen LogP contribution >= 0.6 is 0 Å². The molecule has 45 heavy (non-hydrogen) atoms. The van der Waals surface area contributed by atoms with Crippen molar-refractivity contribution in [1.82, 2.24) is 29.7 Å². The topological polar surface area (TPSA) is 110 Å². The number of halogens is 2. The molecule has 4 heterocycles. The van der Waals surface area contributed by atoms with Gasteiger partial charge in [0.2, 0.25) is 5.91 Å². The van der Waals surface area contributed by atoms with Gasteiger partial charge in [-0.2, -0.15) is 0 Å². The Morgan fingerprint density at radius 3 is 2.56 bits per heavy atom. The van der Waals surface area contributed by atoms with Crippen LogP contribution in [0.25, 0.3) is 27.9 Å². The number of aromatic nitrogens is 3. The van der Waals surface area contributed by atoms with Crippen LogP contribution in [0.4, 0.5) is 14.5 Å². The van der Waals surface area contributed by atoms with Gasteiger partial charge in [-0.1, -0.05) is 18.7 Å². The monoisotopic (exact) mass is 621 g/mol. The number of fused-ring (bicyclic) bond motifs is 1. The molecule has 3 N–H and O–H groups in total. The molecule has 1 aromatic carbocycles. The first kappa shape index (κ1) is 32.1. The summed E-state index contributed by atoms with van der Waals surface area (Å²) in [6.07, 6.45) is 6.57. The standard InChI is InChI=1S/C33H41F2N7O3/c1-4-24(41-15-13-40(14-16-41)19-30(34)35)7-5-22(2)27-18-26-32(37-21-38-33(26)39-27)23-6-8-29(28(17-23)36-3)45-25-9-11-42(12-10-25)31(44)20-43/h4-8,17-18,21,25,30,36,43H,2,9-16,19-20H2,1,3H3,(H,37,38,39)/b7-5-,24-4+. The first-order chi connectivity index (χ1) is 21.8. The van der Waals surface area contributed by atoms with Crippen LogP contribution < -0.4 is 10.1 Å². The van der Waals surface area contributed by atoms with E-state index in [0.717, 1.165) is 45.0 Å². The number of nitrogens with one attached hydrogen (secondary N) is 2. The maximum absolute atomic E-state index is 12.8. The number of carbonyl (C=O) groups excluding carboxylic acids is 1. The van der Waals surface area contributed by atoms with E-state index >= 15 is 0 Å². The van der Waals surface area contributed by atoms with Crippen molar-refractivity contribution in [3.63, 3.8) is 0 Å². The van der Waals surface area contributed by atoms with Gasteiger partial charge in [0.1, 0.15) is 30.4 Å². The molecule has 0 unspecified atom stereocenters. The molecule has 5 rings (SSSR count). The largest absolute Gasteiger partial charge is 0.488 e. The van der Waals surface area contributed by atoms with Gasteiger partial charge in [-0.25, -0.2) is 18.7 Å². The Balaban J connectivity index is 1.27. The lowest BCUT2D eigenvalue weighted by Crippen LogP contribution is -2.46. The smallest absolute Gasteiger partial charge is 0.251 e. The lowest BCUT2D eigenvalue weighted by atomic mass is 10.1. The lowest BCUT2D eigenvalue weighted by molar-refractivity contribution is -0.135. The SMILES string of the molecule is C=C(/C=C\C(=C/C)N1CCN(CC(F)F)CC1)c1cc2c(-c3ccc(OC4CCN(C(=O)CO)CC4)c(NC)c3)ncnc2[nH]1. The summed E-state index contributed by atoms with van der Waals surface area (Å²) in [5.41, 5.74) is 5.81. The van der Waals surface area contributed by atoms with Crippen LogP contribution in [0, 0.1) is 0 Å². The fourth-order valence-electron chi connectivity index (χ4n) is 5.86. The van der Waals surface area contributed by atoms with E-state index in [1.54, 1.807) is 9.80 Å². The molecule has 12 heteroatoms. The minimum Gasteiger partial charge on any atom is -0.488 e. The van der Waals surface area contributed by atoms with Crippen LogP contribution in [-0.2, 0) is 4.79 Å². The summed E-state index contributed by atoms with van der Waals surface area (Å²) < 4.78 is 31.8. The second-order valence-corrected chi connectivity index (χ2v) is 11.2. The number of piperazine rings is 1. The Morgan fingerprint density at radius 1 is 1.13 bits per heavy atom. The highest BCUT2D eigenvalue weighted by Crippen LogP contribution is 2.35. The number of hydrogen-bond donors (Lipinski definition) is 3. The zero-order chi connectivity index (χ0) is 31.9. The summed E-state index contributed by atoms with van der Waals surface area (Å²) in [5, 5.41) is 13.2. The van der Waals surface area contributed by atoms with Gasteiger partial charge in [0, 0.05) is 81.5 Å². The number of allylic oxidation sites excluding steroid dienone is 4. The predicted molar refractivity (Wildman–Crippen MR) is 172 cm³/mol. The quantitative estimate of drug-likeness (QED) is 0.271. The van der Waals surface area contributed by atoms with Crippen LogP contribution in [-0.4, -0.2) is 113 Å². The van der Waals surface area contributed by atoms with E-state index in [2.05, 4.69) is 31.7 Å². The van der Waals surface area contributed by atoms with Crippen molar-refractivity contribution in [2.45, 2.75) is 32.3 Å². The molecule has 2 aliphatic heterocycles. The fourth-order valence-corrected chi connectivity index (χ4v) is 5.86.